The van der Waals surface area contributed by atoms with Crippen LogP contribution in [0.2, 0.25) is 5.02 Å². The van der Waals surface area contributed by atoms with Crippen LogP contribution in [0.3, 0.4) is 0 Å². The van der Waals surface area contributed by atoms with E-state index in [-0.39, 0.29) is 0 Å². The maximum atomic E-state index is 5.91. The topological polar surface area (TPSA) is 56.7 Å². The summed E-state index contributed by atoms with van der Waals surface area (Å²) in [6.07, 6.45) is 2.81. The van der Waals surface area contributed by atoms with Crippen LogP contribution in [-0.4, -0.2) is 21.5 Å². The van der Waals surface area contributed by atoms with Crippen LogP contribution in [-0.2, 0) is 6.54 Å². The first-order valence-corrected chi connectivity index (χ1v) is 5.53. The molecule has 0 radical (unpaired) electrons. The van der Waals surface area contributed by atoms with Gasteiger partial charge in [0.2, 0.25) is 0 Å². The standard InChI is InChI=1S/C11H13ClN4/c12-10-4-1-3-9(7-10)11-8-16(15-14-11)6-2-5-13/h1,3-4,7-8H,2,5-6,13H2. The van der Waals surface area contributed by atoms with Crippen LogP contribution in [0.15, 0.2) is 30.5 Å². The molecule has 4 nitrogen and oxygen atoms in total. The van der Waals surface area contributed by atoms with Crippen LogP contribution in [0.25, 0.3) is 11.3 Å². The fourth-order valence-corrected chi connectivity index (χ4v) is 1.63. The summed E-state index contributed by atoms with van der Waals surface area (Å²) < 4.78 is 1.79. The first-order valence-electron chi connectivity index (χ1n) is 5.16. The fourth-order valence-electron chi connectivity index (χ4n) is 1.44. The Hall–Kier alpha value is -1.39. The molecule has 84 valence electrons. The molecule has 0 spiro atoms. The lowest BCUT2D eigenvalue weighted by Crippen LogP contribution is -2.06. The Labute approximate surface area is 99.0 Å². The second-order valence-electron chi connectivity index (χ2n) is 3.52. The highest BCUT2D eigenvalue weighted by Crippen LogP contribution is 2.20. The highest BCUT2D eigenvalue weighted by Gasteiger charge is 2.03. The van der Waals surface area contributed by atoms with Crippen molar-refractivity contribution in [2.45, 2.75) is 13.0 Å². The molecule has 5 heteroatoms. The molecule has 0 amide bonds. The van der Waals surface area contributed by atoms with E-state index >= 15 is 0 Å². The van der Waals surface area contributed by atoms with Crippen molar-refractivity contribution in [2.75, 3.05) is 6.54 Å². The lowest BCUT2D eigenvalue weighted by molar-refractivity contribution is 0.564. The second-order valence-corrected chi connectivity index (χ2v) is 3.96. The fraction of sp³-hybridized carbons (Fsp3) is 0.273. The van der Waals surface area contributed by atoms with Crippen LogP contribution >= 0.6 is 11.6 Å². The van der Waals surface area contributed by atoms with Gasteiger partial charge in [-0.05, 0) is 25.1 Å². The maximum Gasteiger partial charge on any atom is 0.113 e. The summed E-state index contributed by atoms with van der Waals surface area (Å²) in [5.74, 6) is 0. The van der Waals surface area contributed by atoms with Gasteiger partial charge >= 0.3 is 0 Å². The lowest BCUT2D eigenvalue weighted by atomic mass is 10.2. The Morgan fingerprint density at radius 2 is 2.25 bits per heavy atom. The van der Waals surface area contributed by atoms with E-state index in [4.69, 9.17) is 17.3 Å². The van der Waals surface area contributed by atoms with E-state index < -0.39 is 0 Å². The van der Waals surface area contributed by atoms with Crippen molar-refractivity contribution in [3.05, 3.63) is 35.5 Å². The van der Waals surface area contributed by atoms with Crippen LogP contribution in [0, 0.1) is 0 Å². The molecule has 1 aromatic carbocycles. The maximum absolute atomic E-state index is 5.91. The molecule has 0 fully saturated rings. The number of nitrogens with zero attached hydrogens (tertiary/aromatic N) is 3. The van der Waals surface area contributed by atoms with Gasteiger partial charge in [-0.1, -0.05) is 28.9 Å². The quantitative estimate of drug-likeness (QED) is 0.883. The van der Waals surface area contributed by atoms with E-state index in [0.29, 0.717) is 11.6 Å². The van der Waals surface area contributed by atoms with Crippen LogP contribution < -0.4 is 5.73 Å². The summed E-state index contributed by atoms with van der Waals surface area (Å²) in [6.45, 7) is 1.45. The van der Waals surface area contributed by atoms with Crippen molar-refractivity contribution in [3.63, 3.8) is 0 Å². The molecular formula is C11H13ClN4. The van der Waals surface area contributed by atoms with Gasteiger partial charge in [-0.15, -0.1) is 5.10 Å². The van der Waals surface area contributed by atoms with Gasteiger partial charge in [-0.3, -0.25) is 4.68 Å². The number of benzene rings is 1. The lowest BCUT2D eigenvalue weighted by Gasteiger charge is -1.97. The SMILES string of the molecule is NCCCn1cc(-c2cccc(Cl)c2)nn1. The third kappa shape index (κ3) is 2.59. The molecule has 0 saturated heterocycles. The molecule has 2 N–H and O–H groups in total. The monoisotopic (exact) mass is 236 g/mol. The summed E-state index contributed by atoms with van der Waals surface area (Å²) >= 11 is 5.91. The van der Waals surface area contributed by atoms with E-state index in [1.54, 1.807) is 4.68 Å². The van der Waals surface area contributed by atoms with E-state index in [1.807, 2.05) is 30.5 Å². The largest absolute Gasteiger partial charge is 0.330 e. The van der Waals surface area contributed by atoms with Crippen LogP contribution in [0.5, 0.6) is 0 Å². The third-order valence-electron chi connectivity index (χ3n) is 2.25. The average Bonchev–Trinajstić information content (AvgIpc) is 2.75. The summed E-state index contributed by atoms with van der Waals surface area (Å²) in [4.78, 5) is 0. The van der Waals surface area contributed by atoms with Crippen molar-refractivity contribution in [1.29, 1.82) is 0 Å². The molecule has 2 aromatic rings. The van der Waals surface area contributed by atoms with Gasteiger partial charge in [-0.25, -0.2) is 0 Å². The van der Waals surface area contributed by atoms with E-state index in [9.17, 15) is 0 Å². The van der Waals surface area contributed by atoms with Crippen molar-refractivity contribution in [3.8, 4) is 11.3 Å². The number of hydrogen-bond acceptors (Lipinski definition) is 3. The first kappa shape index (κ1) is 11.1. The zero-order chi connectivity index (χ0) is 11.4. The van der Waals surface area contributed by atoms with Crippen molar-refractivity contribution >= 4 is 11.6 Å². The molecule has 0 aliphatic carbocycles. The molecule has 16 heavy (non-hydrogen) atoms. The summed E-state index contributed by atoms with van der Waals surface area (Å²) in [5.41, 5.74) is 7.25. The molecule has 1 aromatic heterocycles. The Morgan fingerprint density at radius 3 is 3.00 bits per heavy atom. The van der Waals surface area contributed by atoms with Gasteiger partial charge in [0.1, 0.15) is 5.69 Å². The minimum atomic E-state index is 0.659. The Balaban J connectivity index is 2.18. The number of aryl methyl sites for hydroxylation is 1. The number of rotatable bonds is 4. The number of nitrogens with two attached hydrogens (primary N) is 1. The highest BCUT2D eigenvalue weighted by atomic mass is 35.5. The molecule has 0 aliphatic rings. The van der Waals surface area contributed by atoms with Gasteiger partial charge in [0.25, 0.3) is 0 Å². The van der Waals surface area contributed by atoms with Crippen LogP contribution in [0.1, 0.15) is 6.42 Å². The van der Waals surface area contributed by atoms with E-state index in [2.05, 4.69) is 10.3 Å². The average molecular weight is 237 g/mol. The normalized spacial score (nSPS) is 10.6. The summed E-state index contributed by atoms with van der Waals surface area (Å²) in [6, 6.07) is 7.57. The van der Waals surface area contributed by atoms with Gasteiger partial charge in [0.05, 0.1) is 6.20 Å². The Morgan fingerprint density at radius 1 is 1.38 bits per heavy atom. The Bertz CT molecular complexity index is 467. The molecule has 0 saturated carbocycles. The molecule has 1 heterocycles. The van der Waals surface area contributed by atoms with Gasteiger partial charge in [0.15, 0.2) is 0 Å². The summed E-state index contributed by atoms with van der Waals surface area (Å²) in [5, 5.41) is 8.82. The van der Waals surface area contributed by atoms with E-state index in [1.165, 1.54) is 0 Å². The smallest absolute Gasteiger partial charge is 0.113 e. The van der Waals surface area contributed by atoms with Crippen molar-refractivity contribution in [1.82, 2.24) is 15.0 Å². The van der Waals surface area contributed by atoms with Gasteiger partial charge < -0.3 is 5.73 Å². The molecular weight excluding hydrogens is 224 g/mol. The summed E-state index contributed by atoms with van der Waals surface area (Å²) in [7, 11) is 0. The number of hydrogen-bond donors (Lipinski definition) is 1. The zero-order valence-corrected chi connectivity index (χ0v) is 9.56. The number of aromatic nitrogens is 3. The van der Waals surface area contributed by atoms with Crippen LogP contribution in [0.4, 0.5) is 0 Å². The zero-order valence-electron chi connectivity index (χ0n) is 8.81. The Kier molecular flexibility index (Phi) is 3.54. The molecule has 0 bridgehead atoms. The van der Waals surface area contributed by atoms with Crippen molar-refractivity contribution in [2.24, 2.45) is 5.73 Å². The minimum absolute atomic E-state index is 0.659. The predicted molar refractivity (Wildman–Crippen MR) is 64.1 cm³/mol. The van der Waals surface area contributed by atoms with Gasteiger partial charge in [0, 0.05) is 17.1 Å². The third-order valence-corrected chi connectivity index (χ3v) is 2.49. The molecule has 0 unspecified atom stereocenters. The first-order chi connectivity index (χ1) is 7.79. The number of halogens is 1. The minimum Gasteiger partial charge on any atom is -0.330 e. The van der Waals surface area contributed by atoms with E-state index in [0.717, 1.165) is 24.2 Å². The second kappa shape index (κ2) is 5.09. The van der Waals surface area contributed by atoms with Gasteiger partial charge in [-0.2, -0.15) is 0 Å². The highest BCUT2D eigenvalue weighted by molar-refractivity contribution is 6.30. The molecule has 0 atom stereocenters. The molecule has 0 aliphatic heterocycles. The van der Waals surface area contributed by atoms with Crippen molar-refractivity contribution < 1.29 is 0 Å². The predicted octanol–water partition coefficient (Wildman–Crippen LogP) is 1.95. The molecule has 2 rings (SSSR count).